The van der Waals surface area contributed by atoms with Crippen molar-refractivity contribution < 1.29 is 5.11 Å². The van der Waals surface area contributed by atoms with E-state index in [4.69, 9.17) is 0 Å². The molecule has 7 heteroatoms. The standard InChI is InChI=1S/C12H9N5O.3C6H5.Sn/c18-9-4-2-1-3-8(9)5-13-11-10-12(15-6-14-10)17-7-16-11;3*1-2-4-6-5-3-1;/h1-7,18H,(H,14,15,16,17);3*1-5H;/q;;;;+1/p-1. The molecule has 0 unspecified atom stereocenters. The van der Waals surface area contributed by atoms with Crippen LogP contribution in [-0.4, -0.2) is 45.9 Å². The molecule has 0 aliphatic carbocycles. The fourth-order valence-corrected chi connectivity index (χ4v) is 11.2. The van der Waals surface area contributed by atoms with Crippen LogP contribution in [0.25, 0.3) is 11.2 Å². The van der Waals surface area contributed by atoms with Crippen molar-refractivity contribution in [2.75, 3.05) is 0 Å². The Labute approximate surface area is 222 Å². The zero-order valence-corrected chi connectivity index (χ0v) is 22.8. The van der Waals surface area contributed by atoms with Crippen LogP contribution in [0.1, 0.15) is 5.56 Å². The molecular weight excluding hydrogens is 565 g/mol. The molecule has 6 nitrogen and oxygen atoms in total. The zero-order valence-electron chi connectivity index (χ0n) is 19.9. The van der Waals surface area contributed by atoms with Crippen LogP contribution in [0.4, 0.5) is 5.82 Å². The van der Waals surface area contributed by atoms with Crippen LogP contribution in [0.2, 0.25) is 0 Å². The van der Waals surface area contributed by atoms with Gasteiger partial charge in [0.05, 0.1) is 6.33 Å². The van der Waals surface area contributed by atoms with Gasteiger partial charge in [0.1, 0.15) is 11.8 Å². The summed E-state index contributed by atoms with van der Waals surface area (Å²) in [4.78, 5) is 19.1. The Kier molecular flexibility index (Phi) is 7.97. The van der Waals surface area contributed by atoms with E-state index >= 15 is 0 Å². The van der Waals surface area contributed by atoms with Crippen LogP contribution in [0, 0.1) is 0 Å². The zero-order chi connectivity index (χ0) is 25.3. The third kappa shape index (κ3) is 6.10. The Morgan fingerprint density at radius 2 is 1.19 bits per heavy atom. The molecule has 0 fully saturated rings. The van der Waals surface area contributed by atoms with E-state index in [0.717, 1.165) is 0 Å². The van der Waals surface area contributed by atoms with Crippen molar-refractivity contribution in [1.29, 1.82) is 0 Å². The Bertz CT molecular complexity index is 1490. The van der Waals surface area contributed by atoms with Crippen molar-refractivity contribution >= 4 is 53.7 Å². The predicted octanol–water partition coefficient (Wildman–Crippen LogP) is 3.38. The van der Waals surface area contributed by atoms with Gasteiger partial charge >= 0.3 is 121 Å². The molecule has 2 aromatic heterocycles. The summed E-state index contributed by atoms with van der Waals surface area (Å²) in [6.45, 7) is 0. The summed E-state index contributed by atoms with van der Waals surface area (Å²) in [7, 11) is 0. The van der Waals surface area contributed by atoms with Crippen LogP contribution in [0.15, 0.2) is 133 Å². The molecule has 0 saturated carbocycles. The molecule has 6 aromatic rings. The van der Waals surface area contributed by atoms with E-state index in [1.807, 2.05) is 0 Å². The summed E-state index contributed by atoms with van der Waals surface area (Å²) in [6.07, 6.45) is 4.41. The van der Waals surface area contributed by atoms with E-state index in [-0.39, 0.29) is 5.75 Å². The Morgan fingerprint density at radius 1 is 0.649 bits per heavy atom. The number of nitrogens with one attached hydrogen (secondary N) is 1. The van der Waals surface area contributed by atoms with Gasteiger partial charge in [0.15, 0.2) is 11.5 Å². The maximum atomic E-state index is 11.5. The van der Waals surface area contributed by atoms with E-state index in [1.165, 1.54) is 35.7 Å². The number of imidazole rings is 1. The average molecular weight is 588 g/mol. The second-order valence-corrected chi connectivity index (χ2v) is 15.2. The predicted molar refractivity (Wildman–Crippen MR) is 149 cm³/mol. The van der Waals surface area contributed by atoms with Crippen molar-refractivity contribution in [3.8, 4) is 5.75 Å². The molecule has 6 rings (SSSR count). The number of aromatic nitrogens is 4. The normalized spacial score (nSPS) is 10.7. The van der Waals surface area contributed by atoms with E-state index < -0.39 is 19.8 Å². The van der Waals surface area contributed by atoms with Crippen LogP contribution in [0.5, 0.6) is 5.75 Å². The Morgan fingerprint density at radius 3 is 1.76 bits per heavy atom. The first-order valence-electron chi connectivity index (χ1n) is 11.8. The fourth-order valence-electron chi connectivity index (χ4n) is 3.88. The van der Waals surface area contributed by atoms with Gasteiger partial charge in [-0.1, -0.05) is 24.3 Å². The Balaban J connectivity index is 0.000000152. The van der Waals surface area contributed by atoms with Crippen LogP contribution in [-0.2, 0) is 0 Å². The van der Waals surface area contributed by atoms with Gasteiger partial charge in [0, 0.05) is 6.21 Å². The molecule has 37 heavy (non-hydrogen) atoms. The van der Waals surface area contributed by atoms with E-state index in [0.29, 0.717) is 22.5 Å². The number of benzene rings is 4. The number of fused-ring (bicyclic) bond motifs is 1. The van der Waals surface area contributed by atoms with Crippen LogP contribution in [0.3, 0.4) is 0 Å². The van der Waals surface area contributed by atoms with Crippen molar-refractivity contribution in [2.24, 2.45) is 4.99 Å². The maximum absolute atomic E-state index is 11.5. The van der Waals surface area contributed by atoms with Gasteiger partial charge in [-0.15, -0.1) is 5.75 Å². The molecule has 0 spiro atoms. The second-order valence-electron chi connectivity index (χ2n) is 8.07. The van der Waals surface area contributed by atoms with Gasteiger partial charge < -0.3 is 10.1 Å². The van der Waals surface area contributed by atoms with E-state index in [9.17, 15) is 5.11 Å². The van der Waals surface area contributed by atoms with Gasteiger partial charge in [-0.2, -0.15) is 0 Å². The molecule has 2 heterocycles. The van der Waals surface area contributed by atoms with E-state index in [1.54, 1.807) is 18.2 Å². The van der Waals surface area contributed by atoms with Gasteiger partial charge in [-0.3, -0.25) is 0 Å². The number of rotatable bonds is 5. The average Bonchev–Trinajstić information content (AvgIpc) is 3.45. The molecule has 0 aliphatic heterocycles. The number of H-pyrrole nitrogens is 1. The van der Waals surface area contributed by atoms with Crippen molar-refractivity contribution in [3.05, 3.63) is 133 Å². The molecule has 178 valence electrons. The molecule has 1 N–H and O–H groups in total. The first kappa shape index (κ1) is 24.4. The van der Waals surface area contributed by atoms with Gasteiger partial charge in [0.25, 0.3) is 0 Å². The SMILES string of the molecule is [O-]c1ccccc1C=Nc1ncnc2nc[nH]c12.c1cc[c]([Sn+]([c]2ccccc2)[c]2ccccc2)cc1. The molecule has 0 radical (unpaired) electrons. The summed E-state index contributed by atoms with van der Waals surface area (Å²) in [6, 6.07) is 39.6. The number of nitrogens with zero attached hydrogens (tertiary/aromatic N) is 4. The summed E-state index contributed by atoms with van der Waals surface area (Å²) >= 11 is -1.98. The number of hydrogen-bond donors (Lipinski definition) is 1. The van der Waals surface area contributed by atoms with Gasteiger partial charge in [-0.25, -0.2) is 19.9 Å². The minimum atomic E-state index is -1.98. The quantitative estimate of drug-likeness (QED) is 0.247. The summed E-state index contributed by atoms with van der Waals surface area (Å²) in [5.74, 6) is 0.386. The third-order valence-electron chi connectivity index (χ3n) is 5.64. The molecule has 4 aromatic carbocycles. The minimum absolute atomic E-state index is 0.0730. The van der Waals surface area contributed by atoms with Gasteiger partial charge in [0.2, 0.25) is 0 Å². The Hall–Kier alpha value is -4.30. The number of hydrogen-bond acceptors (Lipinski definition) is 5. The number of aliphatic imine (C=N–C) groups is 1. The number of aromatic amines is 1. The third-order valence-corrected chi connectivity index (χ3v) is 13.4. The molecular formula is C30H23N5OSn. The van der Waals surface area contributed by atoms with E-state index in [2.05, 4.69) is 116 Å². The van der Waals surface area contributed by atoms with Crippen molar-refractivity contribution in [1.82, 2.24) is 19.9 Å². The summed E-state index contributed by atoms with van der Waals surface area (Å²) < 4.78 is 4.59. The fraction of sp³-hybridized carbons (Fsp3) is 0. The summed E-state index contributed by atoms with van der Waals surface area (Å²) in [5.41, 5.74) is 1.72. The van der Waals surface area contributed by atoms with Gasteiger partial charge in [-0.05, 0) is 5.56 Å². The molecule has 0 bridgehead atoms. The first-order chi connectivity index (χ1) is 18.3. The van der Waals surface area contributed by atoms with Crippen molar-refractivity contribution in [3.63, 3.8) is 0 Å². The molecule has 0 saturated heterocycles. The van der Waals surface area contributed by atoms with Crippen LogP contribution >= 0.6 is 0 Å². The number of para-hydroxylation sites is 1. The molecule has 0 aliphatic rings. The summed E-state index contributed by atoms with van der Waals surface area (Å²) in [5, 5.41) is 11.5. The topological polar surface area (TPSA) is 89.9 Å². The van der Waals surface area contributed by atoms with Crippen molar-refractivity contribution in [2.45, 2.75) is 0 Å². The second kappa shape index (κ2) is 12.1. The molecule has 0 atom stereocenters. The first-order valence-corrected chi connectivity index (χ1v) is 16.0. The molecule has 0 amide bonds. The van der Waals surface area contributed by atoms with Crippen LogP contribution < -0.4 is 15.8 Å². The monoisotopic (exact) mass is 589 g/mol.